The highest BCUT2D eigenvalue weighted by Crippen LogP contribution is 2.29. The van der Waals surface area contributed by atoms with E-state index in [4.69, 9.17) is 21.6 Å². The van der Waals surface area contributed by atoms with Crippen LogP contribution in [-0.4, -0.2) is 58.9 Å². The first-order valence-electron chi connectivity index (χ1n) is 11.4. The molecule has 2 heterocycles. The SMILES string of the molecule is CCC/C(C(=O)c1nc(N)c(C=N)c(OCC2CCCN2C)n1)=C(/N)[C@H]1CCCCC1=O. The Morgan fingerprint density at radius 2 is 2.06 bits per heavy atom. The Bertz CT molecular complexity index is 913. The van der Waals surface area contributed by atoms with Crippen LogP contribution in [0.4, 0.5) is 5.82 Å². The molecule has 0 bridgehead atoms. The van der Waals surface area contributed by atoms with Gasteiger partial charge in [-0.2, -0.15) is 4.98 Å². The predicted molar refractivity (Wildman–Crippen MR) is 123 cm³/mol. The summed E-state index contributed by atoms with van der Waals surface area (Å²) in [5, 5.41) is 7.68. The third-order valence-electron chi connectivity index (χ3n) is 6.42. The quantitative estimate of drug-likeness (QED) is 0.300. The van der Waals surface area contributed by atoms with Crippen LogP contribution in [0.5, 0.6) is 5.88 Å². The van der Waals surface area contributed by atoms with Gasteiger partial charge in [0.05, 0.1) is 11.5 Å². The maximum atomic E-state index is 13.4. The molecule has 1 aromatic heterocycles. The molecule has 2 aliphatic rings. The van der Waals surface area contributed by atoms with E-state index in [1.807, 2.05) is 14.0 Å². The number of allylic oxidation sites excluding steroid dienone is 2. The lowest BCUT2D eigenvalue weighted by atomic mass is 9.83. The number of carbonyl (C=O) groups excluding carboxylic acids is 2. The lowest BCUT2D eigenvalue weighted by Gasteiger charge is -2.23. The molecule has 32 heavy (non-hydrogen) atoms. The van der Waals surface area contributed by atoms with E-state index in [0.29, 0.717) is 43.6 Å². The van der Waals surface area contributed by atoms with Crippen molar-refractivity contribution in [3.8, 4) is 5.88 Å². The summed E-state index contributed by atoms with van der Waals surface area (Å²) >= 11 is 0. The average Bonchev–Trinajstić information content (AvgIpc) is 3.19. The molecule has 5 N–H and O–H groups in total. The normalized spacial score (nSPS) is 22.5. The number of ketones is 2. The fourth-order valence-electron chi connectivity index (χ4n) is 4.47. The number of likely N-dealkylation sites (tertiary alicyclic amines) is 1. The topological polar surface area (TPSA) is 148 Å². The molecule has 1 aliphatic heterocycles. The minimum atomic E-state index is -0.436. The van der Waals surface area contributed by atoms with Gasteiger partial charge in [-0.1, -0.05) is 19.8 Å². The van der Waals surface area contributed by atoms with E-state index in [1.165, 1.54) is 0 Å². The summed E-state index contributed by atoms with van der Waals surface area (Å²) in [6.45, 7) is 3.34. The molecule has 1 aromatic rings. The van der Waals surface area contributed by atoms with Gasteiger partial charge in [0.2, 0.25) is 17.5 Å². The highest BCUT2D eigenvalue weighted by molar-refractivity contribution is 6.08. The van der Waals surface area contributed by atoms with E-state index in [-0.39, 0.29) is 34.9 Å². The van der Waals surface area contributed by atoms with Crippen LogP contribution in [0.25, 0.3) is 0 Å². The Kier molecular flexibility index (Phi) is 7.95. The number of anilines is 1. The molecular weight excluding hydrogens is 408 g/mol. The summed E-state index contributed by atoms with van der Waals surface area (Å²) in [4.78, 5) is 36.5. The fraction of sp³-hybridized carbons (Fsp3) is 0.609. The zero-order valence-electron chi connectivity index (χ0n) is 19.0. The summed E-state index contributed by atoms with van der Waals surface area (Å²) in [5.41, 5.74) is 13.4. The molecule has 1 saturated heterocycles. The first-order valence-corrected chi connectivity index (χ1v) is 11.4. The molecular formula is C23H34N6O3. The largest absolute Gasteiger partial charge is 0.475 e. The molecule has 2 fully saturated rings. The monoisotopic (exact) mass is 442 g/mol. The number of nitrogens with two attached hydrogens (primary N) is 2. The maximum absolute atomic E-state index is 13.4. The zero-order chi connectivity index (χ0) is 23.3. The van der Waals surface area contributed by atoms with Crippen molar-refractivity contribution in [2.24, 2.45) is 11.7 Å². The number of aromatic nitrogens is 2. The highest BCUT2D eigenvalue weighted by atomic mass is 16.5. The average molecular weight is 443 g/mol. The summed E-state index contributed by atoms with van der Waals surface area (Å²) in [6, 6.07) is 0.243. The first-order chi connectivity index (χ1) is 15.4. The summed E-state index contributed by atoms with van der Waals surface area (Å²) in [7, 11) is 2.04. The van der Waals surface area contributed by atoms with E-state index in [1.54, 1.807) is 0 Å². The van der Waals surface area contributed by atoms with Crippen LogP contribution in [-0.2, 0) is 4.79 Å². The van der Waals surface area contributed by atoms with Crippen LogP contribution in [0.3, 0.4) is 0 Å². The van der Waals surface area contributed by atoms with Crippen molar-refractivity contribution in [3.63, 3.8) is 0 Å². The fourth-order valence-corrected chi connectivity index (χ4v) is 4.47. The van der Waals surface area contributed by atoms with E-state index in [9.17, 15) is 9.59 Å². The summed E-state index contributed by atoms with van der Waals surface area (Å²) in [6.07, 6.45) is 7.18. The lowest BCUT2D eigenvalue weighted by molar-refractivity contribution is -0.123. The maximum Gasteiger partial charge on any atom is 0.228 e. The molecule has 1 aliphatic carbocycles. The molecule has 9 nitrogen and oxygen atoms in total. The van der Waals surface area contributed by atoms with Crippen LogP contribution >= 0.6 is 0 Å². The molecule has 2 atom stereocenters. The standard InChI is InChI=1S/C23H34N6O3/c1-3-7-16(19(25)15-9-4-5-10-18(15)30)20(31)22-27-21(26)17(12-24)23(28-22)32-13-14-8-6-11-29(14)2/h12,14-15,24H,3-11,13,25H2,1-2H3,(H2,26,27,28)/b19-16-,24-12?/t14?,15-/m0/s1. The van der Waals surface area contributed by atoms with Crippen LogP contribution in [0.1, 0.15) is 74.5 Å². The number of carbonyl (C=O) groups is 2. The number of ether oxygens (including phenoxy) is 1. The molecule has 0 radical (unpaired) electrons. The molecule has 1 unspecified atom stereocenters. The van der Waals surface area contributed by atoms with E-state index >= 15 is 0 Å². The number of nitrogens with one attached hydrogen (secondary N) is 1. The second-order valence-corrected chi connectivity index (χ2v) is 8.66. The predicted octanol–water partition coefficient (Wildman–Crippen LogP) is 2.48. The number of rotatable bonds is 9. The molecule has 3 rings (SSSR count). The van der Waals surface area contributed by atoms with Gasteiger partial charge in [-0.15, -0.1) is 0 Å². The molecule has 174 valence electrons. The van der Waals surface area contributed by atoms with E-state index in [2.05, 4.69) is 14.9 Å². The third kappa shape index (κ3) is 5.15. The number of nitrogens with zero attached hydrogens (tertiary/aromatic N) is 3. The highest BCUT2D eigenvalue weighted by Gasteiger charge is 2.30. The van der Waals surface area contributed by atoms with Gasteiger partial charge in [0.1, 0.15) is 18.2 Å². The van der Waals surface area contributed by atoms with Crippen LogP contribution in [0.2, 0.25) is 0 Å². The van der Waals surface area contributed by atoms with Gasteiger partial charge in [0, 0.05) is 29.9 Å². The molecule has 1 saturated carbocycles. The molecule has 9 heteroatoms. The van der Waals surface area contributed by atoms with Crippen molar-refractivity contribution in [1.29, 1.82) is 5.41 Å². The minimum Gasteiger partial charge on any atom is -0.475 e. The molecule has 0 spiro atoms. The Morgan fingerprint density at radius 1 is 1.28 bits per heavy atom. The zero-order valence-corrected chi connectivity index (χ0v) is 19.0. The van der Waals surface area contributed by atoms with Gasteiger partial charge >= 0.3 is 0 Å². The van der Waals surface area contributed by atoms with Crippen molar-refractivity contribution in [2.75, 3.05) is 25.9 Å². The lowest BCUT2D eigenvalue weighted by Crippen LogP contribution is -2.31. The minimum absolute atomic E-state index is 0.0105. The number of hydrogen-bond donors (Lipinski definition) is 3. The van der Waals surface area contributed by atoms with Crippen LogP contribution in [0, 0.1) is 11.3 Å². The third-order valence-corrected chi connectivity index (χ3v) is 6.42. The van der Waals surface area contributed by atoms with Gasteiger partial charge in [-0.05, 0) is 45.7 Å². The number of nitrogen functional groups attached to an aromatic ring is 1. The van der Waals surface area contributed by atoms with Gasteiger partial charge in [0.25, 0.3) is 0 Å². The Morgan fingerprint density at radius 3 is 2.69 bits per heavy atom. The van der Waals surface area contributed by atoms with Gasteiger partial charge in [0.15, 0.2) is 0 Å². The molecule has 0 amide bonds. The smallest absolute Gasteiger partial charge is 0.228 e. The van der Waals surface area contributed by atoms with E-state index < -0.39 is 11.7 Å². The Labute approximate surface area is 189 Å². The van der Waals surface area contributed by atoms with Crippen LogP contribution < -0.4 is 16.2 Å². The number of likely N-dealkylation sites (N-methyl/N-ethyl adjacent to an activating group) is 1. The van der Waals surface area contributed by atoms with Crippen LogP contribution in [0.15, 0.2) is 11.3 Å². The molecule has 0 aromatic carbocycles. The van der Waals surface area contributed by atoms with Gasteiger partial charge < -0.3 is 26.5 Å². The van der Waals surface area contributed by atoms with Gasteiger partial charge in [-0.25, -0.2) is 4.98 Å². The Hall–Kier alpha value is -2.81. The second kappa shape index (κ2) is 10.7. The van der Waals surface area contributed by atoms with Crippen molar-refractivity contribution >= 4 is 23.6 Å². The second-order valence-electron chi connectivity index (χ2n) is 8.66. The van der Waals surface area contributed by atoms with Crippen molar-refractivity contribution < 1.29 is 14.3 Å². The van der Waals surface area contributed by atoms with Crippen molar-refractivity contribution in [2.45, 2.75) is 64.3 Å². The van der Waals surface area contributed by atoms with Crippen molar-refractivity contribution in [1.82, 2.24) is 14.9 Å². The first kappa shape index (κ1) is 23.8. The number of Topliss-reactive ketones (excluding diaryl/α,β-unsaturated/α-hetero) is 2. The van der Waals surface area contributed by atoms with Crippen molar-refractivity contribution in [3.05, 3.63) is 22.7 Å². The number of hydrogen-bond acceptors (Lipinski definition) is 9. The van der Waals surface area contributed by atoms with E-state index in [0.717, 1.165) is 38.4 Å². The summed E-state index contributed by atoms with van der Waals surface area (Å²) in [5.74, 6) is -0.762. The summed E-state index contributed by atoms with van der Waals surface area (Å²) < 4.78 is 5.91. The Balaban J connectivity index is 1.92. The van der Waals surface area contributed by atoms with Gasteiger partial charge in [-0.3, -0.25) is 9.59 Å².